The fourth-order valence-corrected chi connectivity index (χ4v) is 14.1. The summed E-state index contributed by atoms with van der Waals surface area (Å²) >= 11 is -3.96. The second-order valence-corrected chi connectivity index (χ2v) is 24.4. The van der Waals surface area contributed by atoms with Crippen LogP contribution in [0.4, 0.5) is 9.93 Å². The Kier molecular flexibility index (Phi) is 17.8. The molecule has 3 saturated heterocycles. The van der Waals surface area contributed by atoms with Gasteiger partial charge in [0, 0.05) is 6.07 Å². The minimum absolute atomic E-state index is 0.00533. The Morgan fingerprint density at radius 3 is 1.78 bits per heavy atom. The third-order valence-corrected chi connectivity index (χ3v) is 18.4. The van der Waals surface area contributed by atoms with Crippen molar-refractivity contribution in [1.29, 1.82) is 0 Å². The predicted octanol–water partition coefficient (Wildman–Crippen LogP) is -1.70. The monoisotopic (exact) mass is 911 g/mol. The molecule has 3 aliphatic rings. The van der Waals surface area contributed by atoms with Gasteiger partial charge in [0.15, 0.2) is 0 Å². The number of nitrogens with zero attached hydrogens (tertiary/aromatic N) is 6. The van der Waals surface area contributed by atoms with E-state index < -0.39 is 65.6 Å². The van der Waals surface area contributed by atoms with Gasteiger partial charge < -0.3 is 24.2 Å². The maximum absolute atomic E-state index is 17.5. The van der Waals surface area contributed by atoms with Crippen LogP contribution in [0.1, 0.15) is 41.5 Å². The van der Waals surface area contributed by atoms with Gasteiger partial charge in [0.25, 0.3) is 0 Å². The number of hydrogen-bond donors (Lipinski definition) is 3. The van der Waals surface area contributed by atoms with Crippen molar-refractivity contribution in [3.63, 3.8) is 0 Å². The summed E-state index contributed by atoms with van der Waals surface area (Å²) < 4.78 is 45.7. The third kappa shape index (κ3) is 14.5. The molecule has 20 nitrogen and oxygen atoms in total. The van der Waals surface area contributed by atoms with Crippen molar-refractivity contribution in [2.75, 3.05) is 124 Å². The van der Waals surface area contributed by atoms with Gasteiger partial charge in [-0.05, 0) is 10.1 Å². The summed E-state index contributed by atoms with van der Waals surface area (Å²) in [5.74, 6) is -2.80. The molecule has 330 valence electrons. The van der Waals surface area contributed by atoms with Gasteiger partial charge in [-0.3, -0.25) is 14.3 Å². The summed E-state index contributed by atoms with van der Waals surface area (Å²) in [7, 11) is -2.57. The van der Waals surface area contributed by atoms with Gasteiger partial charge in [-0.15, -0.1) is 0 Å². The first-order valence-electron chi connectivity index (χ1n) is 19.9. The molecule has 1 aromatic heterocycles. The number of halogens is 1. The Hall–Kier alpha value is -3.59. The molecule has 2 amide bonds. The maximum Gasteiger partial charge on any atom is -0.155 e. The Balaban J connectivity index is 1.34. The molecule has 2 unspecified atom stereocenters. The zero-order chi connectivity index (χ0) is 43.4. The fraction of sp³-hybridized carbons (Fsp3) is 0.750. The van der Waals surface area contributed by atoms with Crippen LogP contribution < -0.4 is 21.3 Å². The second-order valence-electron chi connectivity index (χ2n) is 16.8. The van der Waals surface area contributed by atoms with Gasteiger partial charge in [0.1, 0.15) is 12.4 Å². The van der Waals surface area contributed by atoms with E-state index in [-0.39, 0.29) is 71.5 Å². The largest absolute Gasteiger partial charge is 0.155 e. The maximum atomic E-state index is 17.5. The molecule has 3 fully saturated rings. The molecule has 0 saturated carbocycles. The third-order valence-electron chi connectivity index (χ3n) is 10.3. The summed E-state index contributed by atoms with van der Waals surface area (Å²) in [6.45, 7) is 15.3. The molecule has 2 atom stereocenters. The first kappa shape index (κ1) is 48.1. The number of carbonyl (C=O) groups is 6. The van der Waals surface area contributed by atoms with Crippen LogP contribution in [-0.4, -0.2) is 209 Å². The fourth-order valence-electron chi connectivity index (χ4n) is 7.36. The van der Waals surface area contributed by atoms with E-state index in [1.807, 2.05) is 61.1 Å². The molecule has 0 aromatic carbocycles. The molecule has 0 radical (unpaired) electrons. The molecule has 0 aliphatic carbocycles. The van der Waals surface area contributed by atoms with E-state index in [2.05, 4.69) is 25.8 Å². The average Bonchev–Trinajstić information content (AvgIpc) is 3.54. The van der Waals surface area contributed by atoms with Crippen molar-refractivity contribution in [2.24, 2.45) is 0 Å². The normalized spacial score (nSPS) is 21.5. The summed E-state index contributed by atoms with van der Waals surface area (Å²) in [5, 5.41) is 11.9. The van der Waals surface area contributed by atoms with E-state index in [4.69, 9.17) is 15.3 Å². The van der Waals surface area contributed by atoms with Gasteiger partial charge in [-0.25, -0.2) is 0 Å². The van der Waals surface area contributed by atoms with E-state index in [9.17, 15) is 28.8 Å². The van der Waals surface area contributed by atoms with Crippen LogP contribution in [0.25, 0.3) is 0 Å². The van der Waals surface area contributed by atoms with Crippen LogP contribution in [0.2, 0.25) is 10.1 Å². The topological polar surface area (TPSA) is 215 Å². The van der Waals surface area contributed by atoms with Gasteiger partial charge in [0.05, 0.1) is 32.1 Å². The number of carbonyl (C=O) groups excluding carboxylic acids is 6. The van der Waals surface area contributed by atoms with Crippen molar-refractivity contribution in [3.05, 3.63) is 6.07 Å². The van der Waals surface area contributed by atoms with E-state index in [1.165, 1.54) is 7.11 Å². The van der Waals surface area contributed by atoms with Crippen molar-refractivity contribution >= 4 is 72.5 Å². The summed E-state index contributed by atoms with van der Waals surface area (Å²) in [6.07, 6.45) is 0. The first-order chi connectivity index (χ1) is 27.8. The standard InChI is InChI=1S/C36H64FN9O11Si.Ga/c1-35(2,3)58(37,36(4,5)6)30-20-27(39-21-28(47)40-22-34(55)56-7)41-46(30)17-19-57-18-8-38-29(48)23-42-9-11-43(24-31(49)50)13-15-45(26-33(53)54)16-14-44(12-10-42)25-32(51)52;/h20H,8-19,21-26H2,1-7H3,(H,38,48)(H,39,41)(H,40,47)(H,49,50)(H,51,52)(H,53,54);/q;+3/p-3. The number of rotatable bonds is 14. The smallest absolute Gasteiger partial charge is 0.155 e. The number of anilines is 1. The van der Waals surface area contributed by atoms with Gasteiger partial charge >= 0.3 is 202 Å². The molecule has 3 aliphatic heterocycles. The molecule has 4 heterocycles. The number of methoxy groups -OCH3 is 1. The molecule has 4 bridgehead atoms. The Morgan fingerprint density at radius 1 is 0.780 bits per heavy atom. The first-order valence-corrected chi connectivity index (χ1v) is 24.8. The SMILES string of the molecule is COC(=O)CNC(=O)CNc1cc([Si](F)(C(C)(C)C)C(C)(C)C)n(CCOCCNC(=O)CN2CCN3CCN4CCN(CC2)CC(=O)[O][Ga]([O]C(=O)C3)[O]C(=O)C4)n1. The number of amides is 2. The van der Waals surface area contributed by atoms with Crippen LogP contribution in [0.3, 0.4) is 0 Å². The van der Waals surface area contributed by atoms with Crippen LogP contribution >= 0.6 is 0 Å². The number of ether oxygens (including phenoxy) is 2. The van der Waals surface area contributed by atoms with Gasteiger partial charge in [-0.1, -0.05) is 41.5 Å². The van der Waals surface area contributed by atoms with Crippen LogP contribution in [0.15, 0.2) is 6.07 Å². The molecule has 4 rings (SSSR count). The van der Waals surface area contributed by atoms with E-state index in [1.54, 1.807) is 10.7 Å². The predicted molar refractivity (Wildman–Crippen MR) is 215 cm³/mol. The van der Waals surface area contributed by atoms with Crippen molar-refractivity contribution in [1.82, 2.24) is 40.0 Å². The zero-order valence-electron chi connectivity index (χ0n) is 35.4. The van der Waals surface area contributed by atoms with E-state index >= 15 is 4.11 Å². The van der Waals surface area contributed by atoms with Gasteiger partial charge in [-0.2, -0.15) is 5.10 Å². The second kappa shape index (κ2) is 21.8. The summed E-state index contributed by atoms with van der Waals surface area (Å²) in [5.41, 5.74) is 0. The quantitative estimate of drug-likeness (QED) is 0.0822. The molecule has 1 aromatic rings. The number of esters is 1. The van der Waals surface area contributed by atoms with E-state index in [0.717, 1.165) is 0 Å². The summed E-state index contributed by atoms with van der Waals surface area (Å²) in [6, 6.07) is 1.65. The van der Waals surface area contributed by atoms with Crippen molar-refractivity contribution in [2.45, 2.75) is 58.2 Å². The van der Waals surface area contributed by atoms with E-state index in [0.29, 0.717) is 63.5 Å². The molecular formula is C36H61FGaN9O11Si. The zero-order valence-corrected chi connectivity index (χ0v) is 38.9. The number of nitrogens with one attached hydrogen (secondary N) is 3. The summed E-state index contributed by atoms with van der Waals surface area (Å²) in [4.78, 5) is 82.9. The van der Waals surface area contributed by atoms with Crippen molar-refractivity contribution < 1.29 is 52.9 Å². The average molecular weight is 913 g/mol. The Morgan fingerprint density at radius 2 is 1.29 bits per heavy atom. The molecule has 23 heteroatoms. The Labute approximate surface area is 352 Å². The van der Waals surface area contributed by atoms with Crippen molar-refractivity contribution in [3.8, 4) is 0 Å². The molecular weight excluding hydrogens is 851 g/mol. The minimum Gasteiger partial charge on any atom is -0.155 e. The molecule has 0 spiro atoms. The Bertz CT molecular complexity index is 1590. The van der Waals surface area contributed by atoms with Crippen LogP contribution in [0.5, 0.6) is 0 Å². The molecule has 3 N–H and O–H groups in total. The van der Waals surface area contributed by atoms with Crippen LogP contribution in [-0.2, 0) is 55.4 Å². The van der Waals surface area contributed by atoms with Crippen LogP contribution in [0, 0.1) is 0 Å². The number of hydrogen-bond acceptors (Lipinski definition) is 17. The van der Waals surface area contributed by atoms with Gasteiger partial charge in [0.2, 0.25) is 5.91 Å². The minimum atomic E-state index is -3.96. The molecule has 59 heavy (non-hydrogen) atoms. The number of fused-ring (bicyclic) bond motifs is 7. The number of aromatic nitrogens is 2.